The van der Waals surface area contributed by atoms with Crippen LogP contribution in [-0.4, -0.2) is 13.7 Å². The molecule has 1 N–H and O–H groups in total. The van der Waals surface area contributed by atoms with E-state index in [4.69, 9.17) is 4.74 Å². The second-order valence-corrected chi connectivity index (χ2v) is 5.57. The average Bonchev–Trinajstić information content (AvgIpc) is 2.46. The monoisotopic (exact) mass is 385 g/mol. The summed E-state index contributed by atoms with van der Waals surface area (Å²) in [6, 6.07) is 13.2. The molecule has 2 rings (SSSR count). The molecule has 0 bridgehead atoms. The van der Waals surface area contributed by atoms with Crippen LogP contribution in [0, 0.1) is 9.39 Å². The molecular formula is C16H17FINO. The van der Waals surface area contributed by atoms with Crippen LogP contribution in [0.25, 0.3) is 0 Å². The topological polar surface area (TPSA) is 21.3 Å². The third kappa shape index (κ3) is 3.30. The van der Waals surface area contributed by atoms with Gasteiger partial charge in [0.15, 0.2) is 11.6 Å². The molecule has 2 aromatic carbocycles. The number of methoxy groups -OCH3 is 1. The number of benzene rings is 2. The Kier molecular flexibility index (Phi) is 5.37. The number of nitrogens with one attached hydrogen (secondary N) is 1. The van der Waals surface area contributed by atoms with E-state index in [2.05, 4.69) is 40.0 Å². The fourth-order valence-corrected chi connectivity index (χ4v) is 2.88. The lowest BCUT2D eigenvalue weighted by Crippen LogP contribution is -2.23. The van der Waals surface area contributed by atoms with Gasteiger partial charge >= 0.3 is 0 Å². The molecule has 2 aromatic rings. The van der Waals surface area contributed by atoms with Crippen LogP contribution in [0.3, 0.4) is 0 Å². The normalized spacial score (nSPS) is 12.2. The summed E-state index contributed by atoms with van der Waals surface area (Å²) in [7, 11) is 1.47. The van der Waals surface area contributed by atoms with Gasteiger partial charge < -0.3 is 10.1 Å². The molecule has 0 aliphatic heterocycles. The summed E-state index contributed by atoms with van der Waals surface area (Å²) in [6.07, 6.45) is 0. The molecule has 0 spiro atoms. The van der Waals surface area contributed by atoms with Gasteiger partial charge in [-0.25, -0.2) is 4.39 Å². The average molecular weight is 385 g/mol. The van der Waals surface area contributed by atoms with Crippen molar-refractivity contribution in [1.29, 1.82) is 0 Å². The first kappa shape index (κ1) is 15.3. The van der Waals surface area contributed by atoms with E-state index in [0.29, 0.717) is 0 Å². The first-order chi connectivity index (χ1) is 9.67. The molecule has 0 aromatic heterocycles. The molecule has 0 saturated heterocycles. The minimum Gasteiger partial charge on any atom is -0.494 e. The first-order valence-corrected chi connectivity index (χ1v) is 7.56. The van der Waals surface area contributed by atoms with E-state index in [1.165, 1.54) is 13.2 Å². The van der Waals surface area contributed by atoms with Crippen LogP contribution >= 0.6 is 22.6 Å². The summed E-state index contributed by atoms with van der Waals surface area (Å²) in [5, 5.41) is 3.41. The minimum atomic E-state index is -0.334. The fourth-order valence-electron chi connectivity index (χ4n) is 2.18. The summed E-state index contributed by atoms with van der Waals surface area (Å²) >= 11 is 2.31. The number of hydrogen-bond donors (Lipinski definition) is 1. The van der Waals surface area contributed by atoms with E-state index in [1.807, 2.05) is 25.1 Å². The van der Waals surface area contributed by atoms with Crippen LogP contribution in [0.2, 0.25) is 0 Å². The third-order valence-electron chi connectivity index (χ3n) is 3.13. The van der Waals surface area contributed by atoms with Gasteiger partial charge in [-0.3, -0.25) is 0 Å². The predicted molar refractivity (Wildman–Crippen MR) is 87.6 cm³/mol. The third-order valence-corrected chi connectivity index (χ3v) is 4.12. The Hall–Kier alpha value is -1.14. The smallest absolute Gasteiger partial charge is 0.165 e. The molecule has 0 aliphatic rings. The highest BCUT2D eigenvalue weighted by atomic mass is 127. The fraction of sp³-hybridized carbons (Fsp3) is 0.250. The van der Waals surface area contributed by atoms with Crippen molar-refractivity contribution in [2.45, 2.75) is 13.0 Å². The van der Waals surface area contributed by atoms with Gasteiger partial charge in [0.2, 0.25) is 0 Å². The summed E-state index contributed by atoms with van der Waals surface area (Å²) in [6.45, 7) is 2.85. The van der Waals surface area contributed by atoms with Crippen LogP contribution in [0.4, 0.5) is 4.39 Å². The van der Waals surface area contributed by atoms with Gasteiger partial charge in [-0.2, -0.15) is 0 Å². The van der Waals surface area contributed by atoms with Crippen LogP contribution < -0.4 is 10.1 Å². The zero-order valence-corrected chi connectivity index (χ0v) is 13.6. The van der Waals surface area contributed by atoms with Crippen LogP contribution in [0.1, 0.15) is 24.1 Å². The van der Waals surface area contributed by atoms with Crippen molar-refractivity contribution in [3.05, 3.63) is 63.0 Å². The van der Waals surface area contributed by atoms with E-state index in [1.54, 1.807) is 6.07 Å². The highest BCUT2D eigenvalue weighted by molar-refractivity contribution is 14.1. The van der Waals surface area contributed by atoms with Gasteiger partial charge in [0.05, 0.1) is 13.2 Å². The molecule has 0 saturated carbocycles. The van der Waals surface area contributed by atoms with Crippen molar-refractivity contribution in [2.24, 2.45) is 0 Å². The van der Waals surface area contributed by atoms with Gasteiger partial charge in [-0.1, -0.05) is 31.2 Å². The Labute approximate surface area is 132 Å². The summed E-state index contributed by atoms with van der Waals surface area (Å²) in [4.78, 5) is 0. The molecule has 0 fully saturated rings. The number of halogens is 2. The zero-order valence-electron chi connectivity index (χ0n) is 11.5. The molecule has 20 heavy (non-hydrogen) atoms. The van der Waals surface area contributed by atoms with Crippen molar-refractivity contribution in [2.75, 3.05) is 13.7 Å². The highest BCUT2D eigenvalue weighted by Crippen LogP contribution is 2.29. The standard InChI is InChI=1S/C16H17FINO/c1-3-19-16(12-6-4-5-7-14(12)18)11-8-9-15(20-2)13(17)10-11/h4-10,16,19H,3H2,1-2H3. The van der Waals surface area contributed by atoms with Gasteiger partial charge in [0, 0.05) is 3.57 Å². The van der Waals surface area contributed by atoms with Crippen LogP contribution in [-0.2, 0) is 0 Å². The maximum atomic E-state index is 13.9. The molecule has 0 heterocycles. The molecule has 4 heteroatoms. The lowest BCUT2D eigenvalue weighted by molar-refractivity contribution is 0.385. The SMILES string of the molecule is CCNC(c1ccc(OC)c(F)c1)c1ccccc1I. The summed E-state index contributed by atoms with van der Waals surface area (Å²) in [5.41, 5.74) is 2.05. The maximum Gasteiger partial charge on any atom is 0.165 e. The second-order valence-electron chi connectivity index (χ2n) is 4.41. The van der Waals surface area contributed by atoms with Gasteiger partial charge in [-0.05, 0) is 58.5 Å². The molecule has 0 radical (unpaired) electrons. The van der Waals surface area contributed by atoms with E-state index in [0.717, 1.165) is 21.2 Å². The molecule has 2 nitrogen and oxygen atoms in total. The molecule has 0 amide bonds. The predicted octanol–water partition coefficient (Wildman–Crippen LogP) is 4.14. The molecule has 106 valence electrons. The van der Waals surface area contributed by atoms with Crippen molar-refractivity contribution in [1.82, 2.24) is 5.32 Å². The van der Waals surface area contributed by atoms with Gasteiger partial charge in [0.25, 0.3) is 0 Å². The van der Waals surface area contributed by atoms with E-state index in [9.17, 15) is 4.39 Å². The van der Waals surface area contributed by atoms with E-state index >= 15 is 0 Å². The summed E-state index contributed by atoms with van der Waals surface area (Å²) in [5.74, 6) is -0.0643. The Balaban J connectivity index is 2.43. The lowest BCUT2D eigenvalue weighted by atomic mass is 9.98. The highest BCUT2D eigenvalue weighted by Gasteiger charge is 2.17. The molecule has 1 atom stereocenters. The Morgan fingerprint density at radius 2 is 2.00 bits per heavy atom. The minimum absolute atomic E-state index is 0.0199. The van der Waals surface area contributed by atoms with Crippen molar-refractivity contribution in [3.63, 3.8) is 0 Å². The molecule has 0 aliphatic carbocycles. The largest absolute Gasteiger partial charge is 0.494 e. The zero-order chi connectivity index (χ0) is 14.5. The Bertz CT molecular complexity index is 588. The second kappa shape index (κ2) is 7.04. The maximum absolute atomic E-state index is 13.9. The van der Waals surface area contributed by atoms with E-state index in [-0.39, 0.29) is 17.6 Å². The summed E-state index contributed by atoms with van der Waals surface area (Å²) < 4.78 is 20.0. The van der Waals surface area contributed by atoms with Crippen LogP contribution in [0.5, 0.6) is 5.75 Å². The Morgan fingerprint density at radius 1 is 1.25 bits per heavy atom. The van der Waals surface area contributed by atoms with Gasteiger partial charge in [-0.15, -0.1) is 0 Å². The first-order valence-electron chi connectivity index (χ1n) is 6.48. The van der Waals surface area contributed by atoms with Gasteiger partial charge in [0.1, 0.15) is 0 Å². The molecule has 1 unspecified atom stereocenters. The van der Waals surface area contributed by atoms with E-state index < -0.39 is 0 Å². The van der Waals surface area contributed by atoms with Crippen molar-refractivity contribution < 1.29 is 9.13 Å². The number of rotatable bonds is 5. The quantitative estimate of drug-likeness (QED) is 0.782. The molecular weight excluding hydrogens is 368 g/mol. The lowest BCUT2D eigenvalue weighted by Gasteiger charge is -2.20. The van der Waals surface area contributed by atoms with Crippen molar-refractivity contribution in [3.8, 4) is 5.75 Å². The van der Waals surface area contributed by atoms with Crippen molar-refractivity contribution >= 4 is 22.6 Å². The van der Waals surface area contributed by atoms with Crippen LogP contribution in [0.15, 0.2) is 42.5 Å². The number of hydrogen-bond acceptors (Lipinski definition) is 2. The Morgan fingerprint density at radius 3 is 2.60 bits per heavy atom. The number of ether oxygens (including phenoxy) is 1.